The minimum atomic E-state index is -0.423. The van der Waals surface area contributed by atoms with E-state index < -0.39 is 4.92 Å². The van der Waals surface area contributed by atoms with Crippen molar-refractivity contribution in [2.24, 2.45) is 0 Å². The molecule has 5 nitrogen and oxygen atoms in total. The van der Waals surface area contributed by atoms with Crippen molar-refractivity contribution in [3.8, 4) is 5.75 Å². The molecule has 0 heterocycles. The second-order valence-electron chi connectivity index (χ2n) is 5.13. The largest absolute Gasteiger partial charge is 0.493 e. The molecule has 0 aliphatic heterocycles. The van der Waals surface area contributed by atoms with Gasteiger partial charge in [-0.2, -0.15) is 0 Å². The van der Waals surface area contributed by atoms with Crippen molar-refractivity contribution in [3.05, 3.63) is 34.4 Å². The monoisotopic (exact) mass is 252 g/mol. The summed E-state index contributed by atoms with van der Waals surface area (Å²) < 4.78 is 5.47. The summed E-state index contributed by atoms with van der Waals surface area (Å²) in [7, 11) is 0. The number of non-ortho nitro benzene ring substituents is 1. The Morgan fingerprint density at radius 1 is 1.39 bits per heavy atom. The molecule has 1 aromatic rings. The Bertz CT molecular complexity index is 399. The van der Waals surface area contributed by atoms with Crippen LogP contribution < -0.4 is 10.1 Å². The molecule has 0 unspecified atom stereocenters. The molecule has 0 saturated heterocycles. The van der Waals surface area contributed by atoms with Crippen molar-refractivity contribution in [2.45, 2.75) is 32.7 Å². The van der Waals surface area contributed by atoms with E-state index in [1.165, 1.54) is 12.1 Å². The summed E-state index contributed by atoms with van der Waals surface area (Å²) in [5, 5.41) is 13.9. The van der Waals surface area contributed by atoms with E-state index >= 15 is 0 Å². The predicted molar refractivity (Wildman–Crippen MR) is 71.0 cm³/mol. The molecular formula is C13H20N2O3. The lowest BCUT2D eigenvalue weighted by atomic mass is 10.1. The lowest BCUT2D eigenvalue weighted by Gasteiger charge is -2.20. The maximum Gasteiger partial charge on any atom is 0.273 e. The lowest BCUT2D eigenvalue weighted by molar-refractivity contribution is -0.384. The van der Waals surface area contributed by atoms with Gasteiger partial charge in [-0.25, -0.2) is 0 Å². The summed E-state index contributed by atoms with van der Waals surface area (Å²) in [6.07, 6.45) is 0.861. The quantitative estimate of drug-likeness (QED) is 0.480. The van der Waals surface area contributed by atoms with E-state index in [2.05, 4.69) is 26.1 Å². The average Bonchev–Trinajstić information content (AvgIpc) is 2.27. The minimum absolute atomic E-state index is 0.0558. The van der Waals surface area contributed by atoms with Crippen LogP contribution in [-0.4, -0.2) is 23.6 Å². The number of benzene rings is 1. The van der Waals surface area contributed by atoms with Crippen LogP contribution in [0.2, 0.25) is 0 Å². The summed E-state index contributed by atoms with van der Waals surface area (Å²) in [5.74, 6) is 0.542. The van der Waals surface area contributed by atoms with Crippen LogP contribution in [0.5, 0.6) is 5.75 Å². The van der Waals surface area contributed by atoms with E-state index in [1.54, 1.807) is 12.1 Å². The van der Waals surface area contributed by atoms with Gasteiger partial charge in [0.2, 0.25) is 0 Å². The van der Waals surface area contributed by atoms with Gasteiger partial charge in [0, 0.05) is 11.6 Å². The van der Waals surface area contributed by atoms with Crippen LogP contribution in [0.1, 0.15) is 27.2 Å². The lowest BCUT2D eigenvalue weighted by Crippen LogP contribution is -2.36. The summed E-state index contributed by atoms with van der Waals surface area (Å²) in [5.41, 5.74) is 0.159. The van der Waals surface area contributed by atoms with Gasteiger partial charge in [-0.1, -0.05) is 6.07 Å². The standard InChI is InChI=1S/C13H20N2O3/c1-13(2,3)14-8-5-9-18-12-7-4-6-11(10-12)15(16)17/h4,6-7,10,14H,5,8-9H2,1-3H3. The molecule has 1 N–H and O–H groups in total. The van der Waals surface area contributed by atoms with Crippen LogP contribution in [0.25, 0.3) is 0 Å². The summed E-state index contributed by atoms with van der Waals surface area (Å²) in [6, 6.07) is 6.25. The molecule has 0 aliphatic carbocycles. The Kier molecular flexibility index (Phi) is 5.09. The zero-order chi connectivity index (χ0) is 13.6. The number of hydrogen-bond acceptors (Lipinski definition) is 4. The molecule has 0 atom stereocenters. The van der Waals surface area contributed by atoms with Gasteiger partial charge >= 0.3 is 0 Å². The molecule has 0 radical (unpaired) electrons. The third kappa shape index (κ3) is 5.63. The van der Waals surface area contributed by atoms with Crippen LogP contribution in [0, 0.1) is 10.1 Å². The molecule has 5 heteroatoms. The predicted octanol–water partition coefficient (Wildman–Crippen LogP) is 2.75. The van der Waals surface area contributed by atoms with Crippen LogP contribution in [0.3, 0.4) is 0 Å². The van der Waals surface area contributed by atoms with Crippen LogP contribution in [0.4, 0.5) is 5.69 Å². The Balaban J connectivity index is 2.31. The van der Waals surface area contributed by atoms with Crippen molar-refractivity contribution in [3.63, 3.8) is 0 Å². The number of rotatable bonds is 6. The van der Waals surface area contributed by atoms with Crippen molar-refractivity contribution >= 4 is 5.69 Å². The van der Waals surface area contributed by atoms with Gasteiger partial charge in [-0.3, -0.25) is 10.1 Å². The van der Waals surface area contributed by atoms with Gasteiger partial charge in [0.1, 0.15) is 5.75 Å². The number of nitrogens with zero attached hydrogens (tertiary/aromatic N) is 1. The summed E-state index contributed by atoms with van der Waals surface area (Å²) >= 11 is 0. The van der Waals surface area contributed by atoms with Crippen LogP contribution in [-0.2, 0) is 0 Å². The van der Waals surface area contributed by atoms with E-state index in [9.17, 15) is 10.1 Å². The molecule has 0 saturated carbocycles. The zero-order valence-corrected chi connectivity index (χ0v) is 11.1. The maximum atomic E-state index is 10.6. The zero-order valence-electron chi connectivity index (χ0n) is 11.1. The fraction of sp³-hybridized carbons (Fsp3) is 0.538. The Labute approximate surface area is 107 Å². The van der Waals surface area contributed by atoms with Crippen LogP contribution in [0.15, 0.2) is 24.3 Å². The average molecular weight is 252 g/mol. The van der Waals surface area contributed by atoms with Gasteiger partial charge in [-0.15, -0.1) is 0 Å². The fourth-order valence-corrected chi connectivity index (χ4v) is 1.41. The molecule has 1 aromatic carbocycles. The van der Waals surface area contributed by atoms with E-state index in [0.717, 1.165) is 13.0 Å². The highest BCUT2D eigenvalue weighted by molar-refractivity contribution is 5.37. The highest BCUT2D eigenvalue weighted by Gasteiger charge is 2.08. The maximum absolute atomic E-state index is 10.6. The first-order chi connectivity index (χ1) is 8.38. The number of nitro groups is 1. The Morgan fingerprint density at radius 3 is 2.72 bits per heavy atom. The SMILES string of the molecule is CC(C)(C)NCCCOc1cccc([N+](=O)[O-])c1. The summed E-state index contributed by atoms with van der Waals surface area (Å²) in [4.78, 5) is 10.2. The number of nitrogens with one attached hydrogen (secondary N) is 1. The normalized spacial score (nSPS) is 11.3. The van der Waals surface area contributed by atoms with Gasteiger partial charge in [0.25, 0.3) is 5.69 Å². The first kappa shape index (κ1) is 14.4. The van der Waals surface area contributed by atoms with Crippen molar-refractivity contribution in [1.29, 1.82) is 0 Å². The topological polar surface area (TPSA) is 64.4 Å². The third-order valence-corrected chi connectivity index (χ3v) is 2.27. The molecular weight excluding hydrogens is 232 g/mol. The molecule has 0 amide bonds. The van der Waals surface area contributed by atoms with Gasteiger partial charge < -0.3 is 10.1 Å². The second-order valence-corrected chi connectivity index (χ2v) is 5.13. The fourth-order valence-electron chi connectivity index (χ4n) is 1.41. The van der Waals surface area contributed by atoms with E-state index in [0.29, 0.717) is 12.4 Å². The Hall–Kier alpha value is -1.62. The van der Waals surface area contributed by atoms with E-state index in [-0.39, 0.29) is 11.2 Å². The second kappa shape index (κ2) is 6.35. The highest BCUT2D eigenvalue weighted by atomic mass is 16.6. The van der Waals surface area contributed by atoms with Crippen molar-refractivity contribution in [1.82, 2.24) is 5.32 Å². The van der Waals surface area contributed by atoms with Gasteiger partial charge in [0.15, 0.2) is 0 Å². The van der Waals surface area contributed by atoms with E-state index in [1.807, 2.05) is 0 Å². The summed E-state index contributed by atoms with van der Waals surface area (Å²) in [6.45, 7) is 7.72. The highest BCUT2D eigenvalue weighted by Crippen LogP contribution is 2.19. The van der Waals surface area contributed by atoms with Crippen LogP contribution >= 0.6 is 0 Å². The van der Waals surface area contributed by atoms with Gasteiger partial charge in [-0.05, 0) is 39.8 Å². The van der Waals surface area contributed by atoms with Gasteiger partial charge in [0.05, 0.1) is 17.6 Å². The molecule has 18 heavy (non-hydrogen) atoms. The number of ether oxygens (including phenoxy) is 1. The first-order valence-electron chi connectivity index (χ1n) is 6.01. The van der Waals surface area contributed by atoms with E-state index in [4.69, 9.17) is 4.74 Å². The van der Waals surface area contributed by atoms with Crippen molar-refractivity contribution < 1.29 is 9.66 Å². The first-order valence-corrected chi connectivity index (χ1v) is 6.01. The molecule has 0 fully saturated rings. The molecule has 0 spiro atoms. The smallest absolute Gasteiger partial charge is 0.273 e. The molecule has 1 rings (SSSR count). The molecule has 100 valence electrons. The Morgan fingerprint density at radius 2 is 2.11 bits per heavy atom. The molecule has 0 aliphatic rings. The van der Waals surface area contributed by atoms with Crippen molar-refractivity contribution in [2.75, 3.05) is 13.2 Å². The number of hydrogen-bond donors (Lipinski definition) is 1. The minimum Gasteiger partial charge on any atom is -0.493 e. The third-order valence-electron chi connectivity index (χ3n) is 2.27. The number of nitro benzene ring substituents is 1. The molecule has 0 aromatic heterocycles. The molecule has 0 bridgehead atoms.